The zero-order valence-electron chi connectivity index (χ0n) is 19.6. The van der Waals surface area contributed by atoms with Crippen LogP contribution in [-0.4, -0.2) is 10.9 Å². The minimum Gasteiger partial charge on any atom is -0.436 e. The molecule has 0 spiro atoms. The smallest absolute Gasteiger partial charge is 0.227 e. The van der Waals surface area contributed by atoms with Gasteiger partial charge in [-0.3, -0.25) is 4.79 Å². The zero-order valence-corrected chi connectivity index (χ0v) is 19.6. The maximum atomic E-state index is 12.2. The molecule has 0 aliphatic heterocycles. The number of nitrogens with zero attached hydrogens (tertiary/aromatic N) is 1. The number of benzene rings is 2. The minimum absolute atomic E-state index is 0.0895. The van der Waals surface area contributed by atoms with Gasteiger partial charge in [0.15, 0.2) is 5.58 Å². The number of carbonyl (C=O) groups excluding carboxylic acids is 1. The second-order valence-corrected chi connectivity index (χ2v) is 8.75. The Bertz CT molecular complexity index is 897. The lowest BCUT2D eigenvalue weighted by molar-refractivity contribution is -0.116. The lowest BCUT2D eigenvalue weighted by atomic mass is 10.0. The number of carbonyl (C=O) groups is 1. The Hall–Kier alpha value is -2.62. The van der Waals surface area contributed by atoms with Gasteiger partial charge in [-0.2, -0.15) is 0 Å². The number of unbranched alkanes of at least 4 members (excludes halogenated alkanes) is 11. The second kappa shape index (κ2) is 13.7. The van der Waals surface area contributed by atoms with Crippen LogP contribution in [-0.2, 0) is 4.79 Å². The highest BCUT2D eigenvalue weighted by Gasteiger charge is 2.08. The van der Waals surface area contributed by atoms with Crippen molar-refractivity contribution in [3.05, 3.63) is 48.5 Å². The van der Waals surface area contributed by atoms with E-state index in [0.717, 1.165) is 35.2 Å². The molecule has 172 valence electrons. The SMILES string of the molecule is CCCCCCCCCCCCCCC(=O)Nc1ccc(-c2nc3ccccc3o2)cc1. The Morgan fingerprint density at radius 1 is 0.781 bits per heavy atom. The van der Waals surface area contributed by atoms with Gasteiger partial charge >= 0.3 is 0 Å². The number of para-hydroxylation sites is 2. The Labute approximate surface area is 192 Å². The molecule has 4 heteroatoms. The molecule has 1 N–H and O–H groups in total. The number of fused-ring (bicyclic) bond motifs is 1. The van der Waals surface area contributed by atoms with E-state index in [2.05, 4.69) is 17.2 Å². The highest BCUT2D eigenvalue weighted by molar-refractivity contribution is 5.90. The van der Waals surface area contributed by atoms with Gasteiger partial charge in [0.25, 0.3) is 0 Å². The van der Waals surface area contributed by atoms with Crippen molar-refractivity contribution >= 4 is 22.7 Å². The molecule has 0 unspecified atom stereocenters. The van der Waals surface area contributed by atoms with E-state index in [1.54, 1.807) is 0 Å². The fraction of sp³-hybridized carbons (Fsp3) is 0.500. The molecule has 3 rings (SSSR count). The Morgan fingerprint density at radius 2 is 1.38 bits per heavy atom. The van der Waals surface area contributed by atoms with Crippen LogP contribution < -0.4 is 5.32 Å². The van der Waals surface area contributed by atoms with Crippen LogP contribution in [0.3, 0.4) is 0 Å². The van der Waals surface area contributed by atoms with Crippen LogP contribution >= 0.6 is 0 Å². The van der Waals surface area contributed by atoms with E-state index < -0.39 is 0 Å². The van der Waals surface area contributed by atoms with Gasteiger partial charge in [0.05, 0.1) is 0 Å². The number of hydrogen-bond donors (Lipinski definition) is 1. The maximum Gasteiger partial charge on any atom is 0.227 e. The number of oxazole rings is 1. The molecule has 0 fully saturated rings. The lowest BCUT2D eigenvalue weighted by Gasteiger charge is -2.06. The molecule has 0 aliphatic rings. The largest absolute Gasteiger partial charge is 0.436 e. The van der Waals surface area contributed by atoms with Crippen molar-refractivity contribution in [2.45, 2.75) is 90.4 Å². The standard InChI is InChI=1S/C28H38N2O2/c1-2-3-4-5-6-7-8-9-10-11-12-13-18-27(31)29-24-21-19-23(20-22-24)28-30-25-16-14-15-17-26(25)32-28/h14-17,19-22H,2-13,18H2,1H3,(H,29,31). The van der Waals surface area contributed by atoms with Gasteiger partial charge < -0.3 is 9.73 Å². The van der Waals surface area contributed by atoms with Crippen LogP contribution in [0, 0.1) is 0 Å². The molecule has 0 bridgehead atoms. The molecule has 0 radical (unpaired) electrons. The topological polar surface area (TPSA) is 55.1 Å². The third-order valence-electron chi connectivity index (χ3n) is 5.97. The van der Waals surface area contributed by atoms with Crippen LogP contribution in [0.1, 0.15) is 90.4 Å². The second-order valence-electron chi connectivity index (χ2n) is 8.75. The molecule has 1 heterocycles. The van der Waals surface area contributed by atoms with Gasteiger partial charge in [-0.25, -0.2) is 4.98 Å². The summed E-state index contributed by atoms with van der Waals surface area (Å²) >= 11 is 0. The van der Waals surface area contributed by atoms with Gasteiger partial charge in [-0.15, -0.1) is 0 Å². The average molecular weight is 435 g/mol. The summed E-state index contributed by atoms with van der Waals surface area (Å²) in [5.41, 5.74) is 3.35. The van der Waals surface area contributed by atoms with E-state index in [1.807, 2.05) is 48.5 Å². The van der Waals surface area contributed by atoms with Crippen molar-refractivity contribution in [3.8, 4) is 11.5 Å². The summed E-state index contributed by atoms with van der Waals surface area (Å²) in [6.45, 7) is 2.27. The van der Waals surface area contributed by atoms with Crippen molar-refractivity contribution < 1.29 is 9.21 Å². The predicted octanol–water partition coefficient (Wildman–Crippen LogP) is 8.52. The molecule has 0 saturated heterocycles. The van der Waals surface area contributed by atoms with Gasteiger partial charge in [0.1, 0.15) is 5.52 Å². The first-order valence-corrected chi connectivity index (χ1v) is 12.5. The number of nitrogens with one attached hydrogen (secondary N) is 1. The molecule has 1 aromatic heterocycles. The third-order valence-corrected chi connectivity index (χ3v) is 5.97. The van der Waals surface area contributed by atoms with Gasteiger partial charge in [-0.1, -0.05) is 89.7 Å². The number of hydrogen-bond acceptors (Lipinski definition) is 3. The van der Waals surface area contributed by atoms with Crippen LogP contribution in [0.4, 0.5) is 5.69 Å². The molecule has 4 nitrogen and oxygen atoms in total. The zero-order chi connectivity index (χ0) is 22.4. The normalized spacial score (nSPS) is 11.2. The van der Waals surface area contributed by atoms with E-state index in [1.165, 1.54) is 64.2 Å². The fourth-order valence-electron chi connectivity index (χ4n) is 4.04. The molecule has 0 saturated carbocycles. The fourth-order valence-corrected chi connectivity index (χ4v) is 4.04. The van der Waals surface area contributed by atoms with Crippen molar-refractivity contribution in [2.24, 2.45) is 0 Å². The Kier molecular flexibility index (Phi) is 10.3. The molecule has 32 heavy (non-hydrogen) atoms. The number of amides is 1. The van der Waals surface area contributed by atoms with Gasteiger partial charge in [0.2, 0.25) is 11.8 Å². The molecule has 3 aromatic rings. The first-order valence-electron chi connectivity index (χ1n) is 12.5. The summed E-state index contributed by atoms with van der Waals surface area (Å²) in [5, 5.41) is 3.00. The van der Waals surface area contributed by atoms with E-state index in [9.17, 15) is 4.79 Å². The van der Waals surface area contributed by atoms with E-state index in [-0.39, 0.29) is 5.91 Å². The maximum absolute atomic E-state index is 12.2. The number of rotatable bonds is 15. The monoisotopic (exact) mass is 434 g/mol. The molecular weight excluding hydrogens is 396 g/mol. The molecule has 0 aliphatic carbocycles. The van der Waals surface area contributed by atoms with Crippen LogP contribution in [0.5, 0.6) is 0 Å². The summed E-state index contributed by atoms with van der Waals surface area (Å²) < 4.78 is 5.80. The minimum atomic E-state index is 0.0895. The van der Waals surface area contributed by atoms with Gasteiger partial charge in [-0.05, 0) is 42.8 Å². The summed E-state index contributed by atoms with van der Waals surface area (Å²) in [6.07, 6.45) is 16.2. The molecule has 1 amide bonds. The Morgan fingerprint density at radius 3 is 2.00 bits per heavy atom. The van der Waals surface area contributed by atoms with Crippen molar-refractivity contribution in [1.29, 1.82) is 0 Å². The van der Waals surface area contributed by atoms with Crippen LogP contribution in [0.2, 0.25) is 0 Å². The Balaban J connectivity index is 1.26. The highest BCUT2D eigenvalue weighted by atomic mass is 16.3. The third kappa shape index (κ3) is 8.14. The van der Waals surface area contributed by atoms with E-state index >= 15 is 0 Å². The summed E-state index contributed by atoms with van der Waals surface area (Å²) in [7, 11) is 0. The average Bonchev–Trinajstić information content (AvgIpc) is 3.24. The predicted molar refractivity (Wildman–Crippen MR) is 134 cm³/mol. The quantitative estimate of drug-likeness (QED) is 0.244. The molecular formula is C28H38N2O2. The van der Waals surface area contributed by atoms with E-state index in [4.69, 9.17) is 4.42 Å². The summed E-state index contributed by atoms with van der Waals surface area (Å²) in [5.74, 6) is 0.687. The number of aromatic nitrogens is 1. The van der Waals surface area contributed by atoms with Crippen LogP contribution in [0.15, 0.2) is 52.9 Å². The van der Waals surface area contributed by atoms with Crippen molar-refractivity contribution in [1.82, 2.24) is 4.98 Å². The molecule has 0 atom stereocenters. The lowest BCUT2D eigenvalue weighted by Crippen LogP contribution is -2.10. The number of anilines is 1. The summed E-state index contributed by atoms with van der Waals surface area (Å²) in [4.78, 5) is 16.7. The molecule has 2 aromatic carbocycles. The first kappa shape index (κ1) is 24.0. The van der Waals surface area contributed by atoms with Crippen LogP contribution in [0.25, 0.3) is 22.6 Å². The van der Waals surface area contributed by atoms with Crippen molar-refractivity contribution in [3.63, 3.8) is 0 Å². The highest BCUT2D eigenvalue weighted by Crippen LogP contribution is 2.25. The van der Waals surface area contributed by atoms with Crippen molar-refractivity contribution in [2.75, 3.05) is 5.32 Å². The first-order chi connectivity index (χ1) is 15.8. The summed E-state index contributed by atoms with van der Waals surface area (Å²) in [6, 6.07) is 15.4. The van der Waals surface area contributed by atoms with E-state index in [0.29, 0.717) is 12.3 Å². The van der Waals surface area contributed by atoms with Gasteiger partial charge in [0, 0.05) is 17.7 Å².